The first-order valence-corrected chi connectivity index (χ1v) is 43.3. The lowest BCUT2D eigenvalue weighted by Gasteiger charge is -2.32. The van der Waals surface area contributed by atoms with Gasteiger partial charge in [0.1, 0.15) is 36.3 Å². The van der Waals surface area contributed by atoms with Crippen LogP contribution in [-0.4, -0.2) is 240 Å². The van der Waals surface area contributed by atoms with Crippen molar-refractivity contribution in [2.24, 2.45) is 64.7 Å². The SMILES string of the molecule is CC(=O)N[C@H](C(=O)C[C@@H](CC(N)=O)C(=O)N[C@@H](CO)C(=O)N[C@H]1CSSC[C@@H](C(=O)CCC(=O)N[C@@H](CC(=O)O)C(=O)C[C@@H](CC(=O)O)C(=O)NC(C)(C)C)NC(=O)CCC(=O)[C@H](CC(C)C)NC(=O)[C@H](CC(C)C)NC(=O)[C@H](CC(N)=O)NC(=O)[C@@H]2CCCN2C(=O)[C@H](CC(C)C)NC(=O)[C@H](CC(C)C)CC(=O)[C@H](CC(C)C)NC1=O)C(C)C. The number of primary amides is 2. The van der Waals surface area contributed by atoms with E-state index in [0.717, 1.165) is 28.5 Å². The highest BCUT2D eigenvalue weighted by molar-refractivity contribution is 8.76. The average Bonchev–Trinajstić information content (AvgIpc) is 1.62. The molecule has 2 heterocycles. The molecule has 18 N–H and O–H groups in total. The van der Waals surface area contributed by atoms with Gasteiger partial charge in [0.05, 0.1) is 67.9 Å². The summed E-state index contributed by atoms with van der Waals surface area (Å²) in [5.74, 6) is -27.8. The molecule has 0 aromatic heterocycles. The summed E-state index contributed by atoms with van der Waals surface area (Å²) in [7, 11) is 1.54. The van der Waals surface area contributed by atoms with Crippen molar-refractivity contribution in [3.05, 3.63) is 0 Å². The lowest BCUT2D eigenvalue weighted by atomic mass is 9.87. The van der Waals surface area contributed by atoms with Crippen LogP contribution in [0.15, 0.2) is 0 Å². The monoisotopic (exact) mass is 1730 g/mol. The van der Waals surface area contributed by atoms with Gasteiger partial charge in [-0.05, 0) is 101 Å². The van der Waals surface area contributed by atoms with Gasteiger partial charge in [0.25, 0.3) is 0 Å². The molecule has 2 fully saturated rings. The molecule has 40 heteroatoms. The van der Waals surface area contributed by atoms with Crippen LogP contribution in [0.4, 0.5) is 0 Å². The second-order valence-corrected chi connectivity index (χ2v) is 37.0. The molecule has 676 valence electrons. The molecular formula is C80H130N14O24S2. The normalized spacial score (nSPS) is 22.3. The molecule has 14 atom stereocenters. The van der Waals surface area contributed by atoms with Crippen molar-refractivity contribution in [1.82, 2.24) is 63.4 Å². The van der Waals surface area contributed by atoms with E-state index in [1.54, 1.807) is 104 Å². The molecule has 0 unspecified atom stereocenters. The molecule has 0 aliphatic carbocycles. The van der Waals surface area contributed by atoms with Crippen molar-refractivity contribution in [3.8, 4) is 0 Å². The second kappa shape index (κ2) is 52.0. The molecule has 120 heavy (non-hydrogen) atoms. The van der Waals surface area contributed by atoms with Crippen LogP contribution in [0.2, 0.25) is 0 Å². The Labute approximate surface area is 708 Å². The highest BCUT2D eigenvalue weighted by Crippen LogP contribution is 2.28. The third kappa shape index (κ3) is 40.3. The largest absolute Gasteiger partial charge is 0.481 e. The molecule has 0 aromatic carbocycles. The predicted molar refractivity (Wildman–Crippen MR) is 442 cm³/mol. The number of nitrogens with zero attached hydrogens (tertiary/aromatic N) is 1. The maximum absolute atomic E-state index is 15.1. The van der Waals surface area contributed by atoms with Crippen LogP contribution in [0, 0.1) is 53.3 Å². The van der Waals surface area contributed by atoms with Gasteiger partial charge in [-0.1, -0.05) is 105 Å². The number of aliphatic carboxylic acids is 2. The van der Waals surface area contributed by atoms with E-state index in [0.29, 0.717) is 0 Å². The number of Topliss-reactive ketones (excluding diaryl/α,β-unsaturated/α-hetero) is 5. The molecule has 2 saturated heterocycles. The van der Waals surface area contributed by atoms with Crippen molar-refractivity contribution >= 4 is 145 Å². The van der Waals surface area contributed by atoms with E-state index < -0.39 is 308 Å². The fourth-order valence-electron chi connectivity index (χ4n) is 13.6. The van der Waals surface area contributed by atoms with E-state index in [2.05, 4.69) is 58.5 Å². The summed E-state index contributed by atoms with van der Waals surface area (Å²) in [4.78, 5) is 292. The van der Waals surface area contributed by atoms with Gasteiger partial charge < -0.3 is 90.2 Å². The number of nitrogens with two attached hydrogens (primary N) is 2. The Morgan fingerprint density at radius 2 is 1.02 bits per heavy atom. The third-order valence-corrected chi connectivity index (χ3v) is 21.8. The van der Waals surface area contributed by atoms with Crippen molar-refractivity contribution in [1.29, 1.82) is 0 Å². The quantitative estimate of drug-likeness (QED) is 0.0368. The molecule has 0 saturated carbocycles. The molecule has 0 spiro atoms. The van der Waals surface area contributed by atoms with Gasteiger partial charge in [-0.15, -0.1) is 0 Å². The molecule has 0 radical (unpaired) electrons. The van der Waals surface area contributed by atoms with E-state index in [1.807, 2.05) is 0 Å². The maximum atomic E-state index is 15.1. The van der Waals surface area contributed by atoms with Gasteiger partial charge in [0.15, 0.2) is 28.9 Å². The van der Waals surface area contributed by atoms with Crippen LogP contribution in [0.5, 0.6) is 0 Å². The number of ketones is 5. The smallest absolute Gasteiger partial charge is 0.305 e. The second-order valence-electron chi connectivity index (χ2n) is 34.5. The summed E-state index contributed by atoms with van der Waals surface area (Å²) in [6.07, 6.45) is -8.17. The minimum Gasteiger partial charge on any atom is -0.481 e. The number of carbonyl (C=O) groups is 21. The molecule has 14 amide bonds. The highest BCUT2D eigenvalue weighted by Gasteiger charge is 2.43. The number of hydrogen-bond acceptors (Lipinski definition) is 24. The molecule has 2 aliphatic rings. The fourth-order valence-corrected chi connectivity index (χ4v) is 16.0. The maximum Gasteiger partial charge on any atom is 0.305 e. The van der Waals surface area contributed by atoms with Gasteiger partial charge in [-0.25, -0.2) is 0 Å². The van der Waals surface area contributed by atoms with Gasteiger partial charge in [-0.2, -0.15) is 0 Å². The van der Waals surface area contributed by atoms with E-state index in [9.17, 15) is 106 Å². The molecule has 2 aliphatic heterocycles. The number of rotatable bonds is 37. The van der Waals surface area contributed by atoms with Gasteiger partial charge in [0, 0.05) is 87.8 Å². The number of fused-ring (bicyclic) bond motifs is 1. The summed E-state index contributed by atoms with van der Waals surface area (Å²) in [5.41, 5.74) is 10.3. The topological polar surface area (TPSA) is 607 Å². The van der Waals surface area contributed by atoms with E-state index in [4.69, 9.17) is 11.5 Å². The van der Waals surface area contributed by atoms with Crippen LogP contribution in [0.1, 0.15) is 226 Å². The lowest BCUT2D eigenvalue weighted by Crippen LogP contribution is -2.59. The number of carbonyl (C=O) groups excluding carboxylic acids is 19. The number of nitrogens with one attached hydrogen (secondary N) is 11. The minimum absolute atomic E-state index is 0.00539. The van der Waals surface area contributed by atoms with Crippen molar-refractivity contribution < 1.29 is 116 Å². The van der Waals surface area contributed by atoms with Crippen LogP contribution < -0.4 is 70.0 Å². The Balaban J connectivity index is 3.04. The first kappa shape index (κ1) is 107. The summed E-state index contributed by atoms with van der Waals surface area (Å²) < 4.78 is 0. The van der Waals surface area contributed by atoms with Gasteiger partial charge in [-0.3, -0.25) is 101 Å². The first-order valence-electron chi connectivity index (χ1n) is 40.8. The molecule has 2 rings (SSSR count). The van der Waals surface area contributed by atoms with Crippen LogP contribution in [0.25, 0.3) is 0 Å². The van der Waals surface area contributed by atoms with Crippen LogP contribution in [-0.2, 0) is 101 Å². The Morgan fingerprint density at radius 1 is 0.517 bits per heavy atom. The zero-order chi connectivity index (χ0) is 91.5. The molecular weight excluding hydrogens is 1610 g/mol. The number of hydrogen-bond donors (Lipinski definition) is 16. The Morgan fingerprint density at radius 3 is 1.56 bits per heavy atom. The zero-order valence-corrected chi connectivity index (χ0v) is 73.6. The predicted octanol–water partition coefficient (Wildman–Crippen LogP) is 0.159. The molecule has 0 bridgehead atoms. The molecule has 0 aromatic rings. The first-order chi connectivity index (χ1) is 55.7. The summed E-state index contributed by atoms with van der Waals surface area (Å²) in [5, 5.41) is 58.1. The van der Waals surface area contributed by atoms with Gasteiger partial charge in [0.2, 0.25) is 82.7 Å². The van der Waals surface area contributed by atoms with Crippen LogP contribution >= 0.6 is 21.6 Å². The van der Waals surface area contributed by atoms with Crippen molar-refractivity contribution in [2.45, 2.75) is 298 Å². The van der Waals surface area contributed by atoms with Crippen molar-refractivity contribution in [2.75, 3.05) is 24.7 Å². The van der Waals surface area contributed by atoms with E-state index in [-0.39, 0.29) is 81.1 Å². The Bertz CT molecular complexity index is 3660. The highest BCUT2D eigenvalue weighted by atomic mass is 33.1. The Hall–Kier alpha value is -9.47. The molecule has 38 nitrogen and oxygen atoms in total. The summed E-state index contributed by atoms with van der Waals surface area (Å²) >= 11 is 0. The number of aliphatic hydroxyl groups excluding tert-OH is 1. The summed E-state index contributed by atoms with van der Waals surface area (Å²) in [6.45, 7) is 25.4. The standard InChI is InChI=1S/C80H130N14O24S2/c1-39(2)24-46-29-61(99)50(26-41(5)6)87-77(116)57(92-76(115)55(36-95)91-72(111)47(32-64(81)102)31-63(101)70(44(11)12)83-45(13)96)38-120-119-37-56(60(98)20-22-66(104)84-51(35-69(108)109)62(100)30-48(33-68(106)107)73(112)93-80(14,15)16)85-67(105)21-19-59(97)49(25-40(3)4)86-74(113)52(27-42(7)8)88-75(114)53(34-65(82)103)89-78(117)58-18-17-23-94(58)79(118)54(28-43(9)10)90-71(46)110/h39-44,46-58,70,95H,17-38H2,1-16H3,(H2,81,102)(H2,82,103)(H,83,96)(H,84,104)(H,85,105)(H,86,113)(H,87,116)(H,88,114)(H,89,117)(H,90,110)(H,91,111)(H,92,115)(H,93,112)(H,106,107)(H,108,109)/t46-,47+,48+,49+,50+,51+,52+,53+,54+,55+,56+,57+,58+,70+/m1/s1. The zero-order valence-electron chi connectivity index (χ0n) is 71.9. The van der Waals surface area contributed by atoms with Crippen molar-refractivity contribution in [3.63, 3.8) is 0 Å². The number of carboxylic acids is 2. The Kier molecular flexibility index (Phi) is 46.2. The third-order valence-electron chi connectivity index (χ3n) is 19.3. The average molecular weight is 1740 g/mol. The number of aliphatic hydroxyl groups is 1. The summed E-state index contributed by atoms with van der Waals surface area (Å²) in [6, 6.07) is -16.9. The van der Waals surface area contributed by atoms with Gasteiger partial charge >= 0.3 is 11.9 Å². The van der Waals surface area contributed by atoms with E-state index in [1.165, 1.54) is 4.90 Å². The number of carboxylic acid groups (broad SMARTS) is 2. The van der Waals surface area contributed by atoms with Crippen LogP contribution in [0.3, 0.4) is 0 Å². The lowest BCUT2D eigenvalue weighted by molar-refractivity contribution is -0.144. The van der Waals surface area contributed by atoms with E-state index >= 15 is 9.59 Å². The fraction of sp³-hybridized carbons (Fsp3) is 0.738. The number of amides is 14. The minimum atomic E-state index is -1.96.